The molecule has 0 unspecified atom stereocenters. The molecule has 5 nitrogen and oxygen atoms in total. The van der Waals surface area contributed by atoms with Crippen molar-refractivity contribution in [1.82, 2.24) is 4.98 Å². The summed E-state index contributed by atoms with van der Waals surface area (Å²) in [6.45, 7) is 2.51. The second-order valence-corrected chi connectivity index (χ2v) is 8.92. The van der Waals surface area contributed by atoms with Crippen LogP contribution in [0.25, 0.3) is 21.3 Å². The minimum atomic E-state index is -0.357. The molecule has 0 aliphatic carbocycles. The molecule has 0 bridgehead atoms. The number of hydrazone groups is 1. The molecule has 5 rings (SSSR count). The van der Waals surface area contributed by atoms with Gasteiger partial charge in [-0.3, -0.25) is 4.79 Å². The van der Waals surface area contributed by atoms with Gasteiger partial charge in [-0.15, -0.1) is 0 Å². The van der Waals surface area contributed by atoms with Crippen molar-refractivity contribution >= 4 is 38.8 Å². The summed E-state index contributed by atoms with van der Waals surface area (Å²) in [5.41, 5.74) is 3.93. The molecule has 1 aromatic heterocycles. The number of hydrogen-bond donors (Lipinski definition) is 0. The molecule has 4 aromatic carbocycles. The maximum absolute atomic E-state index is 13.8. The second kappa shape index (κ2) is 10.5. The second-order valence-electron chi connectivity index (χ2n) is 7.92. The molecule has 0 saturated heterocycles. The maximum Gasteiger partial charge on any atom is 0.280 e. The molecule has 36 heavy (non-hydrogen) atoms. The first-order chi connectivity index (χ1) is 17.6. The average Bonchev–Trinajstić information content (AvgIpc) is 3.33. The maximum atomic E-state index is 13.8. The van der Waals surface area contributed by atoms with Gasteiger partial charge in [0.1, 0.15) is 11.6 Å². The Bertz CT molecular complexity index is 1510. The van der Waals surface area contributed by atoms with Crippen molar-refractivity contribution in [1.29, 1.82) is 0 Å². The summed E-state index contributed by atoms with van der Waals surface area (Å²) in [5, 5.41) is 6.10. The molecular weight excluding hydrogens is 473 g/mol. The molecule has 0 spiro atoms. The molecule has 0 saturated carbocycles. The number of anilines is 1. The Labute approximate surface area is 212 Å². The summed E-state index contributed by atoms with van der Waals surface area (Å²) < 4.78 is 19.9. The van der Waals surface area contributed by atoms with Gasteiger partial charge in [0.2, 0.25) is 5.13 Å². The Balaban J connectivity index is 1.48. The van der Waals surface area contributed by atoms with Crippen LogP contribution >= 0.6 is 11.3 Å². The van der Waals surface area contributed by atoms with Gasteiger partial charge in [0, 0.05) is 5.56 Å². The Morgan fingerprint density at radius 1 is 0.972 bits per heavy atom. The minimum absolute atomic E-state index is 0.337. The van der Waals surface area contributed by atoms with E-state index in [-0.39, 0.29) is 11.7 Å². The SMILES string of the molecule is CCOc1ccc(/C=N/N(C(=O)c2ccc(-c3ccccc3)cc2)c2nc3ccc(F)cc3s2)cc1. The van der Waals surface area contributed by atoms with Crippen molar-refractivity contribution in [2.24, 2.45) is 5.10 Å². The predicted octanol–water partition coefficient (Wildman–Crippen LogP) is 7.18. The number of carbonyl (C=O) groups excluding carboxylic acids is 1. The fourth-order valence-electron chi connectivity index (χ4n) is 3.66. The molecule has 178 valence electrons. The molecule has 0 N–H and O–H groups in total. The summed E-state index contributed by atoms with van der Waals surface area (Å²) in [4.78, 5) is 18.1. The number of benzene rings is 4. The number of fused-ring (bicyclic) bond motifs is 1. The Kier molecular flexibility index (Phi) is 6.82. The summed E-state index contributed by atoms with van der Waals surface area (Å²) >= 11 is 1.21. The molecule has 0 radical (unpaired) electrons. The molecule has 5 aromatic rings. The van der Waals surface area contributed by atoms with Gasteiger partial charge in [0.05, 0.1) is 23.0 Å². The lowest BCUT2D eigenvalue weighted by Crippen LogP contribution is -2.25. The van der Waals surface area contributed by atoms with E-state index in [1.54, 1.807) is 24.4 Å². The fraction of sp³-hybridized carbons (Fsp3) is 0.0690. The standard InChI is InChI=1S/C29H22FN3O2S/c1-2-35-25-15-8-20(9-16-25)19-31-33(29-32-26-17-14-24(30)18-27(26)36-29)28(34)23-12-10-22(11-13-23)21-6-4-3-5-7-21/h3-19H,2H2,1H3/b31-19+. The molecule has 0 fully saturated rings. The Hall–Kier alpha value is -4.36. The third kappa shape index (κ3) is 5.16. The van der Waals surface area contributed by atoms with Crippen molar-refractivity contribution < 1.29 is 13.9 Å². The number of carbonyl (C=O) groups is 1. The van der Waals surface area contributed by atoms with E-state index in [2.05, 4.69) is 10.1 Å². The smallest absolute Gasteiger partial charge is 0.280 e. The van der Waals surface area contributed by atoms with Gasteiger partial charge < -0.3 is 4.74 Å². The van der Waals surface area contributed by atoms with E-state index >= 15 is 0 Å². The Morgan fingerprint density at radius 2 is 1.69 bits per heavy atom. The lowest BCUT2D eigenvalue weighted by Gasteiger charge is -2.14. The van der Waals surface area contributed by atoms with Gasteiger partial charge in [-0.1, -0.05) is 53.8 Å². The molecular formula is C29H22FN3O2S. The minimum Gasteiger partial charge on any atom is -0.494 e. The zero-order valence-corrected chi connectivity index (χ0v) is 20.3. The van der Waals surface area contributed by atoms with Crippen LogP contribution in [0.3, 0.4) is 0 Å². The van der Waals surface area contributed by atoms with Gasteiger partial charge in [-0.2, -0.15) is 10.1 Å². The zero-order valence-electron chi connectivity index (χ0n) is 19.5. The van der Waals surface area contributed by atoms with Crippen LogP contribution in [-0.4, -0.2) is 23.7 Å². The van der Waals surface area contributed by atoms with E-state index in [4.69, 9.17) is 4.74 Å². The largest absolute Gasteiger partial charge is 0.494 e. The summed E-state index contributed by atoms with van der Waals surface area (Å²) in [6.07, 6.45) is 1.60. The Morgan fingerprint density at radius 3 is 2.42 bits per heavy atom. The van der Waals surface area contributed by atoms with E-state index in [9.17, 15) is 9.18 Å². The van der Waals surface area contributed by atoms with Gasteiger partial charge in [-0.25, -0.2) is 9.37 Å². The highest BCUT2D eigenvalue weighted by Crippen LogP contribution is 2.31. The van der Waals surface area contributed by atoms with E-state index in [0.29, 0.717) is 27.5 Å². The van der Waals surface area contributed by atoms with Crippen LogP contribution in [0.5, 0.6) is 5.75 Å². The summed E-state index contributed by atoms with van der Waals surface area (Å²) in [7, 11) is 0. The van der Waals surface area contributed by atoms with Gasteiger partial charge in [0.25, 0.3) is 5.91 Å². The van der Waals surface area contributed by atoms with Crippen molar-refractivity contribution in [2.75, 3.05) is 11.6 Å². The van der Waals surface area contributed by atoms with Crippen molar-refractivity contribution in [3.05, 3.63) is 114 Å². The van der Waals surface area contributed by atoms with E-state index < -0.39 is 0 Å². The lowest BCUT2D eigenvalue weighted by molar-refractivity contribution is 0.0988. The molecule has 7 heteroatoms. The van der Waals surface area contributed by atoms with Crippen LogP contribution in [0.2, 0.25) is 0 Å². The quantitative estimate of drug-likeness (QED) is 0.177. The number of thiazole rings is 1. The van der Waals surface area contributed by atoms with Gasteiger partial charge in [0.15, 0.2) is 0 Å². The number of aromatic nitrogens is 1. The van der Waals surface area contributed by atoms with Gasteiger partial charge >= 0.3 is 0 Å². The first kappa shape index (κ1) is 23.4. The zero-order chi connectivity index (χ0) is 24.9. The lowest BCUT2D eigenvalue weighted by atomic mass is 10.0. The highest BCUT2D eigenvalue weighted by molar-refractivity contribution is 7.22. The highest BCUT2D eigenvalue weighted by atomic mass is 32.1. The van der Waals surface area contributed by atoms with Crippen LogP contribution in [0, 0.1) is 5.82 Å². The third-order valence-electron chi connectivity index (χ3n) is 5.47. The molecule has 0 atom stereocenters. The normalized spacial score (nSPS) is 11.2. The number of nitrogens with zero attached hydrogens (tertiary/aromatic N) is 3. The van der Waals surface area contributed by atoms with Crippen LogP contribution in [-0.2, 0) is 0 Å². The van der Waals surface area contributed by atoms with E-state index in [0.717, 1.165) is 22.4 Å². The first-order valence-corrected chi connectivity index (χ1v) is 12.3. The molecule has 0 aliphatic heterocycles. The van der Waals surface area contributed by atoms with E-state index in [1.807, 2.05) is 73.7 Å². The number of hydrogen-bond acceptors (Lipinski definition) is 5. The number of halogens is 1. The number of rotatable bonds is 7. The van der Waals surface area contributed by atoms with Crippen LogP contribution in [0.15, 0.2) is 102 Å². The highest BCUT2D eigenvalue weighted by Gasteiger charge is 2.21. The van der Waals surface area contributed by atoms with Crippen molar-refractivity contribution in [3.8, 4) is 16.9 Å². The topological polar surface area (TPSA) is 54.8 Å². The van der Waals surface area contributed by atoms with Crippen molar-refractivity contribution in [3.63, 3.8) is 0 Å². The van der Waals surface area contributed by atoms with Crippen LogP contribution < -0.4 is 9.75 Å². The predicted molar refractivity (Wildman–Crippen MR) is 143 cm³/mol. The van der Waals surface area contributed by atoms with Crippen LogP contribution in [0.4, 0.5) is 9.52 Å². The molecule has 1 heterocycles. The molecule has 0 aliphatic rings. The fourth-order valence-corrected chi connectivity index (χ4v) is 4.61. The monoisotopic (exact) mass is 495 g/mol. The number of ether oxygens (including phenoxy) is 1. The average molecular weight is 496 g/mol. The van der Waals surface area contributed by atoms with Crippen LogP contribution in [0.1, 0.15) is 22.8 Å². The molecule has 1 amide bonds. The summed E-state index contributed by atoms with van der Waals surface area (Å²) in [6, 6.07) is 29.1. The summed E-state index contributed by atoms with van der Waals surface area (Å²) in [5.74, 6) is 0.0654. The first-order valence-electron chi connectivity index (χ1n) is 11.4. The number of amides is 1. The third-order valence-corrected chi connectivity index (χ3v) is 6.46. The van der Waals surface area contributed by atoms with E-state index in [1.165, 1.54) is 28.5 Å². The van der Waals surface area contributed by atoms with Gasteiger partial charge in [-0.05, 0) is 78.2 Å². The van der Waals surface area contributed by atoms with Crippen molar-refractivity contribution in [2.45, 2.75) is 6.92 Å².